The molecule has 0 amide bonds. The van der Waals surface area contributed by atoms with Crippen LogP contribution in [0.4, 0.5) is 0 Å². The average Bonchev–Trinajstić information content (AvgIpc) is 2.97. The van der Waals surface area contributed by atoms with E-state index in [9.17, 15) is 4.79 Å². The van der Waals surface area contributed by atoms with Crippen LogP contribution in [0.15, 0.2) is 23.0 Å². The summed E-state index contributed by atoms with van der Waals surface area (Å²) in [5, 5.41) is 0. The Bertz CT molecular complexity index is 668. The number of aromatic amines is 1. The normalized spacial score (nSPS) is 20.3. The molecule has 2 aromatic rings. The Balaban J connectivity index is 1.86. The van der Waals surface area contributed by atoms with Crippen molar-refractivity contribution in [3.63, 3.8) is 0 Å². The number of H-pyrrole nitrogens is 1. The quantitative estimate of drug-likeness (QED) is 0.932. The van der Waals surface area contributed by atoms with Crippen molar-refractivity contribution in [3.8, 4) is 0 Å². The van der Waals surface area contributed by atoms with Gasteiger partial charge in [0, 0.05) is 19.1 Å². The molecular formula is C16H23N3O. The lowest BCUT2D eigenvalue weighted by Crippen LogP contribution is -2.29. The van der Waals surface area contributed by atoms with Crippen molar-refractivity contribution in [2.75, 3.05) is 13.1 Å². The van der Waals surface area contributed by atoms with E-state index >= 15 is 0 Å². The maximum Gasteiger partial charge on any atom is 0.326 e. The summed E-state index contributed by atoms with van der Waals surface area (Å²) in [5.74, 6) is 0.578. The van der Waals surface area contributed by atoms with Gasteiger partial charge in [0.15, 0.2) is 0 Å². The molecular weight excluding hydrogens is 250 g/mol. The van der Waals surface area contributed by atoms with E-state index in [1.165, 1.54) is 12.0 Å². The van der Waals surface area contributed by atoms with Gasteiger partial charge < -0.3 is 9.88 Å². The van der Waals surface area contributed by atoms with Crippen LogP contribution >= 0.6 is 0 Å². The highest BCUT2D eigenvalue weighted by Gasteiger charge is 2.25. The van der Waals surface area contributed by atoms with E-state index in [2.05, 4.69) is 36.7 Å². The largest absolute Gasteiger partial charge is 0.326 e. The molecule has 0 radical (unpaired) electrons. The van der Waals surface area contributed by atoms with E-state index < -0.39 is 0 Å². The lowest BCUT2D eigenvalue weighted by Gasteiger charge is -2.20. The number of fused-ring (bicyclic) bond motifs is 1. The first-order valence-electron chi connectivity index (χ1n) is 7.48. The van der Waals surface area contributed by atoms with Crippen molar-refractivity contribution in [2.24, 2.45) is 5.92 Å². The zero-order chi connectivity index (χ0) is 14.3. The fourth-order valence-corrected chi connectivity index (χ4v) is 3.18. The van der Waals surface area contributed by atoms with Gasteiger partial charge in [-0.3, -0.25) is 4.57 Å². The molecule has 1 aromatic carbocycles. The van der Waals surface area contributed by atoms with Gasteiger partial charge in [0.05, 0.1) is 11.0 Å². The number of hydrogen-bond acceptors (Lipinski definition) is 2. The van der Waals surface area contributed by atoms with Crippen molar-refractivity contribution in [1.82, 2.24) is 14.5 Å². The smallest absolute Gasteiger partial charge is 0.306 e. The second-order valence-electron chi connectivity index (χ2n) is 6.30. The molecule has 0 bridgehead atoms. The second kappa shape index (κ2) is 5.09. The monoisotopic (exact) mass is 273 g/mol. The number of nitrogens with zero attached hydrogens (tertiary/aromatic N) is 2. The Morgan fingerprint density at radius 1 is 1.40 bits per heavy atom. The van der Waals surface area contributed by atoms with E-state index in [-0.39, 0.29) is 5.69 Å². The number of aromatic nitrogens is 2. The Kier molecular flexibility index (Phi) is 3.42. The fourth-order valence-electron chi connectivity index (χ4n) is 3.18. The molecule has 1 saturated heterocycles. The van der Waals surface area contributed by atoms with Crippen LogP contribution in [-0.4, -0.2) is 33.6 Å². The summed E-state index contributed by atoms with van der Waals surface area (Å²) in [6.45, 7) is 9.62. The maximum absolute atomic E-state index is 12.1. The van der Waals surface area contributed by atoms with Gasteiger partial charge in [0.2, 0.25) is 0 Å². The lowest BCUT2D eigenvalue weighted by atomic mass is 10.1. The molecule has 1 aliphatic heterocycles. The van der Waals surface area contributed by atoms with Gasteiger partial charge in [-0.1, -0.05) is 6.07 Å². The molecule has 1 unspecified atom stereocenters. The van der Waals surface area contributed by atoms with E-state index in [1.807, 2.05) is 16.7 Å². The molecule has 1 N–H and O–H groups in total. The van der Waals surface area contributed by atoms with E-state index in [0.717, 1.165) is 30.7 Å². The number of imidazole rings is 1. The van der Waals surface area contributed by atoms with Gasteiger partial charge in [0.1, 0.15) is 0 Å². The summed E-state index contributed by atoms with van der Waals surface area (Å²) in [5.41, 5.74) is 3.20. The van der Waals surface area contributed by atoms with Crippen molar-refractivity contribution >= 4 is 11.0 Å². The van der Waals surface area contributed by atoms with Crippen molar-refractivity contribution in [2.45, 2.75) is 39.8 Å². The Labute approximate surface area is 119 Å². The van der Waals surface area contributed by atoms with Crippen LogP contribution in [0.2, 0.25) is 0 Å². The van der Waals surface area contributed by atoms with Gasteiger partial charge >= 0.3 is 5.69 Å². The minimum absolute atomic E-state index is 0.0218. The molecule has 1 atom stereocenters. The van der Waals surface area contributed by atoms with Crippen molar-refractivity contribution < 1.29 is 0 Å². The lowest BCUT2D eigenvalue weighted by molar-refractivity contribution is 0.261. The van der Waals surface area contributed by atoms with Crippen molar-refractivity contribution in [1.29, 1.82) is 0 Å². The van der Waals surface area contributed by atoms with Crippen LogP contribution in [-0.2, 0) is 6.54 Å². The summed E-state index contributed by atoms with van der Waals surface area (Å²) in [7, 11) is 0. The molecule has 2 heterocycles. The molecule has 108 valence electrons. The van der Waals surface area contributed by atoms with Gasteiger partial charge in [-0.2, -0.15) is 0 Å². The standard InChI is InChI=1S/C16H23N3O/c1-11(2)18-7-6-13(9-18)10-19-15-8-12(3)4-5-14(15)17-16(19)20/h4-5,8,11,13H,6-7,9-10H2,1-3H3,(H,17,20). The SMILES string of the molecule is Cc1ccc2[nH]c(=O)n(CC3CCN(C(C)C)C3)c2c1. The molecule has 0 aliphatic carbocycles. The third-order valence-corrected chi connectivity index (χ3v) is 4.42. The molecule has 20 heavy (non-hydrogen) atoms. The average molecular weight is 273 g/mol. The number of hydrogen-bond donors (Lipinski definition) is 1. The van der Waals surface area contributed by atoms with Gasteiger partial charge in [-0.25, -0.2) is 4.79 Å². The summed E-state index contributed by atoms with van der Waals surface area (Å²) >= 11 is 0. The van der Waals surface area contributed by atoms with Crippen LogP contribution in [0, 0.1) is 12.8 Å². The third-order valence-electron chi connectivity index (χ3n) is 4.42. The minimum atomic E-state index is 0.0218. The molecule has 1 aromatic heterocycles. The molecule has 1 fully saturated rings. The fraction of sp³-hybridized carbons (Fsp3) is 0.562. The Morgan fingerprint density at radius 2 is 2.20 bits per heavy atom. The summed E-state index contributed by atoms with van der Waals surface area (Å²) in [6, 6.07) is 6.74. The van der Waals surface area contributed by atoms with Crippen LogP contribution in [0.3, 0.4) is 0 Å². The van der Waals surface area contributed by atoms with E-state index in [1.54, 1.807) is 0 Å². The third kappa shape index (κ3) is 2.40. The molecule has 0 spiro atoms. The predicted molar refractivity (Wildman–Crippen MR) is 82.1 cm³/mol. The van der Waals surface area contributed by atoms with Crippen LogP contribution in [0.25, 0.3) is 11.0 Å². The first-order chi connectivity index (χ1) is 9.54. The predicted octanol–water partition coefficient (Wildman–Crippen LogP) is 2.37. The topological polar surface area (TPSA) is 41.0 Å². The van der Waals surface area contributed by atoms with Crippen LogP contribution < -0.4 is 5.69 Å². The Hall–Kier alpha value is -1.55. The number of nitrogens with one attached hydrogen (secondary N) is 1. The van der Waals surface area contributed by atoms with Crippen LogP contribution in [0.5, 0.6) is 0 Å². The van der Waals surface area contributed by atoms with E-state index in [4.69, 9.17) is 0 Å². The molecule has 0 saturated carbocycles. The minimum Gasteiger partial charge on any atom is -0.306 e. The Morgan fingerprint density at radius 3 is 2.90 bits per heavy atom. The van der Waals surface area contributed by atoms with Gasteiger partial charge in [-0.15, -0.1) is 0 Å². The zero-order valence-corrected chi connectivity index (χ0v) is 12.5. The highest BCUT2D eigenvalue weighted by atomic mass is 16.1. The molecule has 4 nitrogen and oxygen atoms in total. The maximum atomic E-state index is 12.1. The molecule has 3 rings (SSSR count). The first kappa shape index (κ1) is 13.4. The first-order valence-corrected chi connectivity index (χ1v) is 7.48. The van der Waals surface area contributed by atoms with Crippen LogP contribution in [0.1, 0.15) is 25.8 Å². The highest BCUT2D eigenvalue weighted by Crippen LogP contribution is 2.21. The summed E-state index contributed by atoms with van der Waals surface area (Å²) in [6.07, 6.45) is 1.18. The van der Waals surface area contributed by atoms with Gasteiger partial charge in [-0.05, 0) is 57.4 Å². The summed E-state index contributed by atoms with van der Waals surface area (Å²) in [4.78, 5) is 17.6. The highest BCUT2D eigenvalue weighted by molar-refractivity contribution is 5.75. The van der Waals surface area contributed by atoms with Crippen molar-refractivity contribution in [3.05, 3.63) is 34.2 Å². The number of likely N-dealkylation sites (tertiary alicyclic amines) is 1. The van der Waals surface area contributed by atoms with E-state index in [0.29, 0.717) is 12.0 Å². The molecule has 1 aliphatic rings. The second-order valence-corrected chi connectivity index (χ2v) is 6.30. The summed E-state index contributed by atoms with van der Waals surface area (Å²) < 4.78 is 1.91. The molecule has 4 heteroatoms. The zero-order valence-electron chi connectivity index (χ0n) is 12.5. The number of aryl methyl sites for hydroxylation is 1. The van der Waals surface area contributed by atoms with Gasteiger partial charge in [0.25, 0.3) is 0 Å². The number of benzene rings is 1. The number of rotatable bonds is 3.